The Balaban J connectivity index is 1.50. The molecule has 6 nitrogen and oxygen atoms in total. The number of nitrogens with zero attached hydrogens (tertiary/aromatic N) is 2. The molecule has 1 unspecified atom stereocenters. The number of rotatable bonds is 3. The minimum absolute atomic E-state index is 0.00405. The van der Waals surface area contributed by atoms with Crippen LogP contribution in [-0.4, -0.2) is 61.0 Å². The van der Waals surface area contributed by atoms with Crippen molar-refractivity contribution in [2.24, 2.45) is 0 Å². The number of ether oxygens (including phenoxy) is 2. The number of piperidine rings is 1. The highest BCUT2D eigenvalue weighted by molar-refractivity contribution is 7.08. The molecule has 1 saturated heterocycles. The summed E-state index contributed by atoms with van der Waals surface area (Å²) in [7, 11) is 1.82. The van der Waals surface area contributed by atoms with E-state index in [0.29, 0.717) is 48.9 Å². The Hall–Kier alpha value is -2.54. The van der Waals surface area contributed by atoms with Crippen LogP contribution >= 0.6 is 11.3 Å². The number of hydrogen-bond acceptors (Lipinski definition) is 5. The maximum Gasteiger partial charge on any atom is 0.257 e. The molecule has 3 heterocycles. The zero-order valence-electron chi connectivity index (χ0n) is 15.2. The number of thiophene rings is 1. The molecule has 1 atom stereocenters. The van der Waals surface area contributed by atoms with Gasteiger partial charge in [-0.2, -0.15) is 11.3 Å². The van der Waals surface area contributed by atoms with Crippen molar-refractivity contribution < 1.29 is 19.1 Å². The van der Waals surface area contributed by atoms with Crippen molar-refractivity contribution in [3.8, 4) is 11.5 Å². The lowest BCUT2D eigenvalue weighted by Crippen LogP contribution is -2.50. The summed E-state index contributed by atoms with van der Waals surface area (Å²) in [5, 5.41) is 3.76. The van der Waals surface area contributed by atoms with Gasteiger partial charge in [0.25, 0.3) is 11.8 Å². The van der Waals surface area contributed by atoms with Crippen molar-refractivity contribution in [3.63, 3.8) is 0 Å². The molecule has 0 radical (unpaired) electrons. The highest BCUT2D eigenvalue weighted by Crippen LogP contribution is 2.34. The molecule has 0 N–H and O–H groups in total. The number of para-hydroxylation sites is 1. The molecule has 4 rings (SSSR count). The van der Waals surface area contributed by atoms with Crippen molar-refractivity contribution in [2.45, 2.75) is 18.9 Å². The van der Waals surface area contributed by atoms with E-state index >= 15 is 0 Å². The van der Waals surface area contributed by atoms with E-state index in [1.807, 2.05) is 40.9 Å². The van der Waals surface area contributed by atoms with Crippen molar-refractivity contribution in [1.82, 2.24) is 9.80 Å². The van der Waals surface area contributed by atoms with Gasteiger partial charge in [0.2, 0.25) is 0 Å². The SMILES string of the molecule is CN(C(=O)c1ccsc1)C1CCCN(C(=O)c2cccc3c2OCCO3)C1. The number of carbonyl (C=O) groups excluding carboxylic acids is 2. The third kappa shape index (κ3) is 3.51. The van der Waals surface area contributed by atoms with Gasteiger partial charge >= 0.3 is 0 Å². The van der Waals surface area contributed by atoms with Gasteiger partial charge < -0.3 is 19.3 Å². The molecule has 0 saturated carbocycles. The van der Waals surface area contributed by atoms with Crippen LogP contribution in [0, 0.1) is 0 Å². The molecule has 7 heteroatoms. The summed E-state index contributed by atoms with van der Waals surface area (Å²) in [5.41, 5.74) is 1.23. The summed E-state index contributed by atoms with van der Waals surface area (Å²) >= 11 is 1.51. The van der Waals surface area contributed by atoms with Crippen LogP contribution in [0.15, 0.2) is 35.0 Å². The third-order valence-corrected chi connectivity index (χ3v) is 5.80. The maximum absolute atomic E-state index is 13.1. The Bertz CT molecular complexity index is 837. The predicted molar refractivity (Wildman–Crippen MR) is 103 cm³/mol. The van der Waals surface area contributed by atoms with Crippen molar-refractivity contribution in [1.29, 1.82) is 0 Å². The predicted octanol–water partition coefficient (Wildman–Crippen LogP) is 2.90. The van der Waals surface area contributed by atoms with Crippen LogP contribution in [0.3, 0.4) is 0 Å². The minimum Gasteiger partial charge on any atom is -0.486 e. The summed E-state index contributed by atoms with van der Waals surface area (Å²) in [5.74, 6) is 1.08. The Morgan fingerprint density at radius 1 is 1.22 bits per heavy atom. The monoisotopic (exact) mass is 386 g/mol. The fourth-order valence-corrected chi connectivity index (χ4v) is 4.25. The van der Waals surface area contributed by atoms with E-state index in [1.165, 1.54) is 11.3 Å². The first kappa shape index (κ1) is 17.9. The fourth-order valence-electron chi connectivity index (χ4n) is 3.62. The average Bonchev–Trinajstić information content (AvgIpc) is 3.26. The molecule has 142 valence electrons. The summed E-state index contributed by atoms with van der Waals surface area (Å²) in [6.07, 6.45) is 1.76. The minimum atomic E-state index is -0.0709. The van der Waals surface area contributed by atoms with E-state index in [4.69, 9.17) is 9.47 Å². The number of carbonyl (C=O) groups is 2. The van der Waals surface area contributed by atoms with Gasteiger partial charge in [-0.05, 0) is 36.4 Å². The number of likely N-dealkylation sites (tertiary alicyclic amines) is 1. The normalized spacial score (nSPS) is 18.9. The lowest BCUT2D eigenvalue weighted by atomic mass is 10.0. The molecular weight excluding hydrogens is 364 g/mol. The molecule has 2 amide bonds. The van der Waals surface area contributed by atoms with Crippen molar-refractivity contribution in [2.75, 3.05) is 33.4 Å². The Morgan fingerprint density at radius 2 is 2.07 bits per heavy atom. The summed E-state index contributed by atoms with van der Waals surface area (Å²) < 4.78 is 11.3. The van der Waals surface area contributed by atoms with Gasteiger partial charge in [-0.25, -0.2) is 0 Å². The van der Waals surface area contributed by atoms with E-state index in [9.17, 15) is 9.59 Å². The number of amides is 2. The topological polar surface area (TPSA) is 59.1 Å². The van der Waals surface area contributed by atoms with Gasteiger partial charge in [0.05, 0.1) is 11.1 Å². The second kappa shape index (κ2) is 7.60. The summed E-state index contributed by atoms with van der Waals surface area (Å²) in [6, 6.07) is 7.25. The number of likely N-dealkylation sites (N-methyl/N-ethyl adjacent to an activating group) is 1. The molecule has 0 bridgehead atoms. The highest BCUT2D eigenvalue weighted by Gasteiger charge is 2.31. The molecular formula is C20H22N2O4S. The number of benzene rings is 1. The quantitative estimate of drug-likeness (QED) is 0.814. The number of fused-ring (bicyclic) bond motifs is 1. The smallest absolute Gasteiger partial charge is 0.257 e. The lowest BCUT2D eigenvalue weighted by molar-refractivity contribution is 0.0516. The van der Waals surface area contributed by atoms with E-state index < -0.39 is 0 Å². The third-order valence-electron chi connectivity index (χ3n) is 5.12. The standard InChI is InChI=1S/C20H22N2O4S/c1-21(19(23)14-7-11-27-13-14)15-4-3-8-22(12-15)20(24)16-5-2-6-17-18(16)26-10-9-25-17/h2,5-7,11,13,15H,3-4,8-10,12H2,1H3. The van der Waals surface area contributed by atoms with Crippen LogP contribution < -0.4 is 9.47 Å². The fraction of sp³-hybridized carbons (Fsp3) is 0.400. The number of hydrogen-bond donors (Lipinski definition) is 0. The largest absolute Gasteiger partial charge is 0.486 e. The van der Waals surface area contributed by atoms with Gasteiger partial charge in [0.15, 0.2) is 11.5 Å². The second-order valence-corrected chi connectivity index (χ2v) is 7.59. The van der Waals surface area contributed by atoms with Crippen LogP contribution in [0.2, 0.25) is 0 Å². The first-order valence-corrected chi connectivity index (χ1v) is 10.1. The van der Waals surface area contributed by atoms with Crippen LogP contribution in [0.25, 0.3) is 0 Å². The van der Waals surface area contributed by atoms with Gasteiger partial charge in [-0.3, -0.25) is 9.59 Å². The van der Waals surface area contributed by atoms with E-state index in [1.54, 1.807) is 11.0 Å². The zero-order chi connectivity index (χ0) is 18.8. The van der Waals surface area contributed by atoms with Gasteiger partial charge in [-0.15, -0.1) is 0 Å². The average molecular weight is 386 g/mol. The van der Waals surface area contributed by atoms with Crippen LogP contribution in [0.4, 0.5) is 0 Å². The lowest BCUT2D eigenvalue weighted by Gasteiger charge is -2.38. The van der Waals surface area contributed by atoms with Crippen LogP contribution in [0.5, 0.6) is 11.5 Å². The molecule has 0 aliphatic carbocycles. The molecule has 0 spiro atoms. The molecule has 1 fully saturated rings. The molecule has 2 aliphatic rings. The maximum atomic E-state index is 13.1. The summed E-state index contributed by atoms with van der Waals surface area (Å²) in [6.45, 7) is 2.14. The molecule has 1 aromatic heterocycles. The van der Waals surface area contributed by atoms with Gasteiger partial charge in [-0.1, -0.05) is 6.07 Å². The Morgan fingerprint density at radius 3 is 2.89 bits per heavy atom. The van der Waals surface area contributed by atoms with Crippen molar-refractivity contribution in [3.05, 3.63) is 46.2 Å². The van der Waals surface area contributed by atoms with E-state index in [2.05, 4.69) is 0 Å². The Labute approximate surface area is 162 Å². The molecule has 27 heavy (non-hydrogen) atoms. The van der Waals surface area contributed by atoms with Crippen molar-refractivity contribution >= 4 is 23.2 Å². The first-order chi connectivity index (χ1) is 13.1. The molecule has 2 aliphatic heterocycles. The molecule has 1 aromatic carbocycles. The Kier molecular flexibility index (Phi) is 5.03. The van der Waals surface area contributed by atoms with Gasteiger partial charge in [0, 0.05) is 31.6 Å². The van der Waals surface area contributed by atoms with E-state index in [-0.39, 0.29) is 17.9 Å². The second-order valence-electron chi connectivity index (χ2n) is 6.81. The van der Waals surface area contributed by atoms with Crippen LogP contribution in [-0.2, 0) is 0 Å². The first-order valence-electron chi connectivity index (χ1n) is 9.12. The summed E-state index contributed by atoms with van der Waals surface area (Å²) in [4.78, 5) is 29.3. The van der Waals surface area contributed by atoms with E-state index in [0.717, 1.165) is 12.8 Å². The molecule has 2 aromatic rings. The van der Waals surface area contributed by atoms with Gasteiger partial charge in [0.1, 0.15) is 13.2 Å². The highest BCUT2D eigenvalue weighted by atomic mass is 32.1. The zero-order valence-corrected chi connectivity index (χ0v) is 16.0. The van der Waals surface area contributed by atoms with Crippen LogP contribution in [0.1, 0.15) is 33.6 Å².